The van der Waals surface area contributed by atoms with Gasteiger partial charge in [0.05, 0.1) is 12.8 Å². The van der Waals surface area contributed by atoms with Gasteiger partial charge in [0.15, 0.2) is 0 Å². The maximum atomic E-state index is 12.4. The van der Waals surface area contributed by atoms with E-state index < -0.39 is 6.09 Å². The summed E-state index contributed by atoms with van der Waals surface area (Å²) in [6, 6.07) is 15.2. The number of likely N-dealkylation sites (N-methyl/N-ethyl adjacent to an activating group) is 1. The van der Waals surface area contributed by atoms with Crippen LogP contribution in [0.15, 0.2) is 60.8 Å². The number of nitrogens with one attached hydrogen (secondary N) is 2. The van der Waals surface area contributed by atoms with E-state index in [1.165, 1.54) is 19.4 Å². The molecule has 3 aromatic rings. The Bertz CT molecular complexity index is 1130. The number of para-hydroxylation sites is 2. The number of methoxy groups -OCH3 is 1. The van der Waals surface area contributed by atoms with Crippen molar-refractivity contribution >= 4 is 35.1 Å². The van der Waals surface area contributed by atoms with Crippen LogP contribution < -0.4 is 20.3 Å². The maximum Gasteiger partial charge on any atom is 0.417 e. The lowest BCUT2D eigenvalue weighted by Gasteiger charge is -2.20. The van der Waals surface area contributed by atoms with Crippen molar-refractivity contribution in [1.82, 2.24) is 20.2 Å². The molecule has 0 atom stereocenters. The van der Waals surface area contributed by atoms with Gasteiger partial charge < -0.3 is 25.4 Å². The summed E-state index contributed by atoms with van der Waals surface area (Å²) in [7, 11) is 1.47. The average molecular weight is 479 g/mol. The fourth-order valence-corrected chi connectivity index (χ4v) is 3.48. The fourth-order valence-electron chi connectivity index (χ4n) is 3.48. The van der Waals surface area contributed by atoms with Crippen LogP contribution in [0.2, 0.25) is 0 Å². The van der Waals surface area contributed by atoms with Gasteiger partial charge in [-0.2, -0.15) is 4.98 Å². The monoisotopic (exact) mass is 478 g/mol. The number of ether oxygens (including phenoxy) is 1. The predicted octanol–water partition coefficient (Wildman–Crippen LogP) is 4.12. The van der Waals surface area contributed by atoms with E-state index in [9.17, 15) is 14.7 Å². The highest BCUT2D eigenvalue weighted by Crippen LogP contribution is 2.33. The predicted molar refractivity (Wildman–Crippen MR) is 135 cm³/mol. The number of carbonyl (C=O) groups is 2. The van der Waals surface area contributed by atoms with Gasteiger partial charge in [0.1, 0.15) is 11.6 Å². The summed E-state index contributed by atoms with van der Waals surface area (Å²) >= 11 is 0. The SMILES string of the molecule is CCN(CC)CCNC(=O)c1ccc(Nc2nccc(N(C(=O)O)c3ccccc3OC)n2)cc1. The first-order valence-corrected chi connectivity index (χ1v) is 11.3. The topological polar surface area (TPSA) is 120 Å². The molecule has 0 radical (unpaired) electrons. The molecule has 0 saturated heterocycles. The molecule has 0 unspecified atom stereocenters. The minimum Gasteiger partial charge on any atom is -0.495 e. The Morgan fingerprint density at radius 2 is 1.74 bits per heavy atom. The highest BCUT2D eigenvalue weighted by atomic mass is 16.5. The first kappa shape index (κ1) is 25.4. The molecule has 0 bridgehead atoms. The van der Waals surface area contributed by atoms with E-state index in [1.807, 2.05) is 0 Å². The summed E-state index contributed by atoms with van der Waals surface area (Å²) in [6.07, 6.45) is 0.254. The lowest BCUT2D eigenvalue weighted by atomic mass is 10.2. The molecule has 2 aromatic carbocycles. The number of aromatic nitrogens is 2. The second-order valence-corrected chi connectivity index (χ2v) is 7.51. The Hall–Kier alpha value is -4.18. The van der Waals surface area contributed by atoms with E-state index in [0.717, 1.165) is 24.5 Å². The third-order valence-corrected chi connectivity index (χ3v) is 5.40. The van der Waals surface area contributed by atoms with Crippen LogP contribution in [-0.4, -0.2) is 65.3 Å². The Labute approximate surface area is 204 Å². The number of anilines is 4. The van der Waals surface area contributed by atoms with Gasteiger partial charge in [-0.15, -0.1) is 0 Å². The van der Waals surface area contributed by atoms with Gasteiger partial charge in [-0.25, -0.2) is 14.7 Å². The largest absolute Gasteiger partial charge is 0.495 e. The fraction of sp³-hybridized carbons (Fsp3) is 0.280. The second-order valence-electron chi connectivity index (χ2n) is 7.51. The standard InChI is InChI=1S/C25H30N6O4/c1-4-30(5-2)17-16-26-23(32)18-10-12-19(13-11-18)28-24-27-15-14-22(29-24)31(25(33)34)20-8-6-7-9-21(20)35-3/h6-15H,4-5,16-17H2,1-3H3,(H,26,32)(H,33,34)(H,27,28,29). The third-order valence-electron chi connectivity index (χ3n) is 5.40. The molecule has 0 spiro atoms. The van der Waals surface area contributed by atoms with Gasteiger partial charge in [0, 0.05) is 36.6 Å². The number of nitrogens with zero attached hydrogens (tertiary/aromatic N) is 4. The molecule has 0 saturated carbocycles. The summed E-state index contributed by atoms with van der Waals surface area (Å²) in [4.78, 5) is 36.2. The molecule has 35 heavy (non-hydrogen) atoms. The van der Waals surface area contributed by atoms with Crippen molar-refractivity contribution in [2.45, 2.75) is 13.8 Å². The van der Waals surface area contributed by atoms with Gasteiger partial charge in [-0.3, -0.25) is 4.79 Å². The van der Waals surface area contributed by atoms with Crippen LogP contribution in [0.5, 0.6) is 5.75 Å². The van der Waals surface area contributed by atoms with Crippen molar-refractivity contribution in [3.05, 3.63) is 66.4 Å². The molecule has 10 nitrogen and oxygen atoms in total. The smallest absolute Gasteiger partial charge is 0.417 e. The van der Waals surface area contributed by atoms with Crippen molar-refractivity contribution in [3.8, 4) is 5.75 Å². The summed E-state index contributed by atoms with van der Waals surface area (Å²) < 4.78 is 5.30. The average Bonchev–Trinajstić information content (AvgIpc) is 2.87. The molecule has 10 heteroatoms. The summed E-state index contributed by atoms with van der Waals surface area (Å²) in [5, 5.41) is 15.8. The summed E-state index contributed by atoms with van der Waals surface area (Å²) in [5.74, 6) is 0.619. The van der Waals surface area contributed by atoms with Gasteiger partial charge in [0.25, 0.3) is 5.91 Å². The van der Waals surface area contributed by atoms with Crippen LogP contribution in [0.3, 0.4) is 0 Å². The van der Waals surface area contributed by atoms with Crippen molar-refractivity contribution in [1.29, 1.82) is 0 Å². The number of amides is 2. The lowest BCUT2D eigenvalue weighted by molar-refractivity contribution is 0.0949. The molecular weight excluding hydrogens is 448 g/mol. The molecule has 1 heterocycles. The maximum absolute atomic E-state index is 12.4. The molecule has 3 N–H and O–H groups in total. The lowest BCUT2D eigenvalue weighted by Crippen LogP contribution is -2.34. The molecule has 0 aliphatic heterocycles. The quantitative estimate of drug-likeness (QED) is 0.377. The van der Waals surface area contributed by atoms with E-state index >= 15 is 0 Å². The molecule has 0 aliphatic carbocycles. The number of rotatable bonds is 11. The Kier molecular flexibility index (Phi) is 8.96. The van der Waals surface area contributed by atoms with Crippen LogP contribution in [0.4, 0.5) is 27.9 Å². The van der Waals surface area contributed by atoms with Crippen LogP contribution in [0.25, 0.3) is 0 Å². The van der Waals surface area contributed by atoms with Gasteiger partial charge in [0.2, 0.25) is 5.95 Å². The number of hydrogen-bond donors (Lipinski definition) is 3. The number of carbonyl (C=O) groups excluding carboxylic acids is 1. The number of benzene rings is 2. The zero-order valence-electron chi connectivity index (χ0n) is 20.1. The van der Waals surface area contributed by atoms with Crippen LogP contribution in [0, 0.1) is 0 Å². The molecule has 0 aliphatic rings. The van der Waals surface area contributed by atoms with E-state index in [1.54, 1.807) is 48.5 Å². The minimum absolute atomic E-state index is 0.143. The van der Waals surface area contributed by atoms with Crippen LogP contribution in [0.1, 0.15) is 24.2 Å². The highest BCUT2D eigenvalue weighted by molar-refractivity contribution is 5.96. The van der Waals surface area contributed by atoms with Gasteiger partial charge >= 0.3 is 6.09 Å². The molecule has 1 aromatic heterocycles. The summed E-state index contributed by atoms with van der Waals surface area (Å²) in [6.45, 7) is 7.45. The van der Waals surface area contributed by atoms with E-state index in [-0.39, 0.29) is 17.7 Å². The number of hydrogen-bond acceptors (Lipinski definition) is 7. The Balaban J connectivity index is 1.70. The van der Waals surface area contributed by atoms with E-state index in [4.69, 9.17) is 4.74 Å². The first-order valence-electron chi connectivity index (χ1n) is 11.3. The van der Waals surface area contributed by atoms with Gasteiger partial charge in [-0.1, -0.05) is 26.0 Å². The molecular formula is C25H30N6O4. The molecule has 184 valence electrons. The van der Waals surface area contributed by atoms with Gasteiger partial charge in [-0.05, 0) is 49.5 Å². The zero-order valence-corrected chi connectivity index (χ0v) is 20.1. The van der Waals surface area contributed by atoms with Crippen molar-refractivity contribution < 1.29 is 19.4 Å². The minimum atomic E-state index is -1.21. The van der Waals surface area contributed by atoms with Crippen LogP contribution in [-0.2, 0) is 0 Å². The normalized spacial score (nSPS) is 10.6. The van der Waals surface area contributed by atoms with Crippen LogP contribution >= 0.6 is 0 Å². The second kappa shape index (κ2) is 12.3. The Morgan fingerprint density at radius 3 is 2.40 bits per heavy atom. The number of carboxylic acid groups (broad SMARTS) is 1. The van der Waals surface area contributed by atoms with E-state index in [0.29, 0.717) is 29.2 Å². The third kappa shape index (κ3) is 6.67. The zero-order chi connectivity index (χ0) is 25.2. The first-order chi connectivity index (χ1) is 17.0. The Morgan fingerprint density at radius 1 is 1.03 bits per heavy atom. The molecule has 2 amide bonds. The molecule has 3 rings (SSSR count). The van der Waals surface area contributed by atoms with Crippen molar-refractivity contribution in [2.24, 2.45) is 0 Å². The van der Waals surface area contributed by atoms with Crippen molar-refractivity contribution in [3.63, 3.8) is 0 Å². The highest BCUT2D eigenvalue weighted by Gasteiger charge is 2.22. The van der Waals surface area contributed by atoms with Crippen molar-refractivity contribution in [2.75, 3.05) is 43.5 Å². The molecule has 0 fully saturated rings. The van der Waals surface area contributed by atoms with E-state index in [2.05, 4.69) is 39.3 Å². The summed E-state index contributed by atoms with van der Waals surface area (Å²) in [5.41, 5.74) is 1.53.